The van der Waals surface area contributed by atoms with E-state index in [1.165, 1.54) is 22.8 Å². The summed E-state index contributed by atoms with van der Waals surface area (Å²) in [6, 6.07) is 3.16. The number of piperidine rings is 2. The van der Waals surface area contributed by atoms with Crippen LogP contribution < -0.4 is 21.1 Å². The van der Waals surface area contributed by atoms with Gasteiger partial charge in [-0.2, -0.15) is 18.3 Å². The zero-order valence-corrected chi connectivity index (χ0v) is 32.7. The van der Waals surface area contributed by atoms with Crippen LogP contribution in [-0.2, 0) is 32.3 Å². The van der Waals surface area contributed by atoms with E-state index in [1.807, 2.05) is 6.08 Å². The zero-order chi connectivity index (χ0) is 41.1. The summed E-state index contributed by atoms with van der Waals surface area (Å²) in [5, 5.41) is 12.4. The van der Waals surface area contributed by atoms with Crippen molar-refractivity contribution in [2.45, 2.75) is 76.4 Å². The van der Waals surface area contributed by atoms with Crippen LogP contribution in [0.4, 0.5) is 28.9 Å². The number of ketones is 1. The molecule has 12 nitrogen and oxygen atoms in total. The van der Waals surface area contributed by atoms with Crippen LogP contribution in [0.1, 0.15) is 75.3 Å². The zero-order valence-electron chi connectivity index (χ0n) is 32.7. The number of benzene rings is 1. The smallest absolute Gasteiger partial charge is 0.418 e. The van der Waals surface area contributed by atoms with E-state index in [0.717, 1.165) is 31.9 Å². The van der Waals surface area contributed by atoms with Crippen LogP contribution in [0, 0.1) is 11.8 Å². The van der Waals surface area contributed by atoms with Crippen molar-refractivity contribution < 1.29 is 36.7 Å². The Balaban J connectivity index is 0.914. The van der Waals surface area contributed by atoms with Crippen LogP contribution in [0.2, 0.25) is 0 Å². The standard InChI is InChI=1S/C42H49F4N7O5/c1-51-24-33(32-22-47-50-39(32)41(51)57)27-18-31(58-2)19-28(35(43)20-27)16-25-4-3-12-52(13-9-25)23-30(54)17-26-10-14-53(15-11-26)37-7-5-29(21-34(37)42(44,45)46)48-36-6-8-38(55)49-40(36)56/h5,7,18,20-22,24-26,36,48H,3-4,6,8-17,19,23H2,1-2H3,(H,47,50)(H,49,55,56). The number of H-pyrrole nitrogens is 1. The highest BCUT2D eigenvalue weighted by molar-refractivity contribution is 6.01. The average molecular weight is 808 g/mol. The summed E-state index contributed by atoms with van der Waals surface area (Å²) in [4.78, 5) is 53.4. The number of halogens is 4. The van der Waals surface area contributed by atoms with E-state index in [-0.39, 0.29) is 53.2 Å². The predicted molar refractivity (Wildman–Crippen MR) is 211 cm³/mol. The third-order valence-electron chi connectivity index (χ3n) is 11.9. The van der Waals surface area contributed by atoms with Crippen molar-refractivity contribution in [1.29, 1.82) is 0 Å². The lowest BCUT2D eigenvalue weighted by atomic mass is 9.90. The number of rotatable bonds is 11. The maximum atomic E-state index is 16.0. The van der Waals surface area contributed by atoms with Gasteiger partial charge in [0, 0.05) is 67.9 Å². The van der Waals surface area contributed by atoms with Crippen molar-refractivity contribution in [3.8, 4) is 0 Å². The van der Waals surface area contributed by atoms with Gasteiger partial charge in [0.25, 0.3) is 5.56 Å². The highest BCUT2D eigenvalue weighted by Gasteiger charge is 2.37. The van der Waals surface area contributed by atoms with Gasteiger partial charge in [-0.3, -0.25) is 34.5 Å². The summed E-state index contributed by atoms with van der Waals surface area (Å²) in [5.74, 6) is -0.256. The number of methoxy groups -OCH3 is 1. The number of pyridine rings is 1. The van der Waals surface area contributed by atoms with Gasteiger partial charge in [0.05, 0.1) is 25.4 Å². The van der Waals surface area contributed by atoms with Crippen molar-refractivity contribution in [3.63, 3.8) is 0 Å². The van der Waals surface area contributed by atoms with Gasteiger partial charge in [-0.15, -0.1) is 0 Å². The van der Waals surface area contributed by atoms with Gasteiger partial charge in [0.2, 0.25) is 11.8 Å². The van der Waals surface area contributed by atoms with E-state index in [0.29, 0.717) is 91.7 Å². The first-order chi connectivity index (χ1) is 27.7. The topological polar surface area (TPSA) is 142 Å². The Hall–Kier alpha value is -5.25. The number of aryl methyl sites for hydroxylation is 1. The number of alkyl halides is 3. The number of Topliss-reactive ketones (excluding diaryl/α,β-unsaturated/α-hetero) is 1. The number of anilines is 2. The average Bonchev–Trinajstić information content (AvgIpc) is 3.50. The fraction of sp³-hybridized carbons (Fsp3) is 0.500. The first-order valence-corrected chi connectivity index (χ1v) is 19.9. The normalized spacial score (nSPS) is 21.7. The SMILES string of the molecule is COC1=CC(c2cn(C)c(=O)c3[nH]ncc23)=CC(F)=C(CC2CCCN(CC(=O)CC3CCN(c4ccc(NC5CCC(=O)NC5=O)cc4C(F)(F)F)CC3)CC2)C1. The molecule has 2 atom stereocenters. The Labute approximate surface area is 333 Å². The summed E-state index contributed by atoms with van der Waals surface area (Å²) in [6.07, 6.45) is 7.26. The number of amides is 2. The van der Waals surface area contributed by atoms with Crippen LogP contribution in [0.3, 0.4) is 0 Å². The molecule has 1 aliphatic carbocycles. The molecule has 0 spiro atoms. The van der Waals surface area contributed by atoms with Crippen LogP contribution >= 0.6 is 0 Å². The van der Waals surface area contributed by atoms with Gasteiger partial charge >= 0.3 is 6.18 Å². The summed E-state index contributed by atoms with van der Waals surface area (Å²) in [7, 11) is 3.21. The van der Waals surface area contributed by atoms with Gasteiger partial charge in [-0.1, -0.05) is 0 Å². The van der Waals surface area contributed by atoms with Crippen LogP contribution in [-0.4, -0.2) is 83.1 Å². The van der Waals surface area contributed by atoms with Crippen molar-refractivity contribution >= 4 is 45.4 Å². The molecule has 0 saturated carbocycles. The minimum atomic E-state index is -4.62. The van der Waals surface area contributed by atoms with Crippen molar-refractivity contribution in [2.75, 3.05) is 50.1 Å². The molecule has 58 heavy (non-hydrogen) atoms. The highest BCUT2D eigenvalue weighted by Crippen LogP contribution is 2.40. The second kappa shape index (κ2) is 17.3. The minimum Gasteiger partial charge on any atom is -0.501 e. The second-order valence-corrected chi connectivity index (χ2v) is 16.0. The monoisotopic (exact) mass is 807 g/mol. The molecule has 3 N–H and O–H groups in total. The number of nitrogens with one attached hydrogen (secondary N) is 3. The van der Waals surface area contributed by atoms with Gasteiger partial charge < -0.3 is 19.5 Å². The second-order valence-electron chi connectivity index (χ2n) is 16.0. The third kappa shape index (κ3) is 9.38. The fourth-order valence-electron chi connectivity index (χ4n) is 8.75. The number of hydrogen-bond acceptors (Lipinski definition) is 9. The Morgan fingerprint density at radius 1 is 1.02 bits per heavy atom. The first kappa shape index (κ1) is 40.9. The molecule has 0 bridgehead atoms. The maximum Gasteiger partial charge on any atom is 0.418 e. The molecule has 3 aliphatic heterocycles. The Morgan fingerprint density at radius 2 is 1.79 bits per heavy atom. The number of carbonyl (C=O) groups excluding carboxylic acids is 3. The number of aromatic amines is 1. The lowest BCUT2D eigenvalue weighted by Crippen LogP contribution is -2.47. The molecule has 1 aromatic carbocycles. The highest BCUT2D eigenvalue weighted by atomic mass is 19.4. The number of fused-ring (bicyclic) bond motifs is 1. The summed E-state index contributed by atoms with van der Waals surface area (Å²) in [6.45, 7) is 2.55. The number of imide groups is 1. The van der Waals surface area contributed by atoms with Gasteiger partial charge in [-0.05, 0) is 111 Å². The number of carbonyl (C=O) groups is 3. The number of hydrogen-bond donors (Lipinski definition) is 3. The van der Waals surface area contributed by atoms with E-state index < -0.39 is 29.6 Å². The summed E-state index contributed by atoms with van der Waals surface area (Å²) in [5.41, 5.74) is 1.45. The molecular weight excluding hydrogens is 758 g/mol. The number of allylic oxidation sites excluding steroid dienone is 5. The Kier molecular flexibility index (Phi) is 12.2. The van der Waals surface area contributed by atoms with Crippen LogP contribution in [0.5, 0.6) is 0 Å². The van der Waals surface area contributed by atoms with Crippen LogP contribution in [0.15, 0.2) is 64.7 Å². The molecule has 16 heteroatoms. The molecule has 3 aromatic rings. The van der Waals surface area contributed by atoms with E-state index >= 15 is 4.39 Å². The molecule has 310 valence electrons. The molecule has 5 heterocycles. The Morgan fingerprint density at radius 3 is 2.53 bits per heavy atom. The molecule has 2 amide bonds. The van der Waals surface area contributed by atoms with Gasteiger partial charge in [0.1, 0.15) is 28.9 Å². The predicted octanol–water partition coefficient (Wildman–Crippen LogP) is 6.41. The van der Waals surface area contributed by atoms with Gasteiger partial charge in [-0.25, -0.2) is 4.39 Å². The fourth-order valence-corrected chi connectivity index (χ4v) is 8.75. The number of nitrogens with zero attached hydrogens (tertiary/aromatic N) is 4. The molecule has 4 aliphatic rings. The molecule has 0 radical (unpaired) electrons. The minimum absolute atomic E-state index is 0.0654. The molecule has 2 aromatic heterocycles. The number of ether oxygens (including phenoxy) is 1. The van der Waals surface area contributed by atoms with Crippen molar-refractivity contribution in [1.82, 2.24) is 25.0 Å². The quantitative estimate of drug-likeness (QED) is 0.148. The molecule has 2 unspecified atom stereocenters. The number of aromatic nitrogens is 3. The van der Waals surface area contributed by atoms with E-state index in [1.54, 1.807) is 31.5 Å². The first-order valence-electron chi connectivity index (χ1n) is 19.9. The van der Waals surface area contributed by atoms with Crippen molar-refractivity contribution in [3.05, 3.63) is 81.4 Å². The third-order valence-corrected chi connectivity index (χ3v) is 11.9. The largest absolute Gasteiger partial charge is 0.501 e. The van der Waals surface area contributed by atoms with E-state index in [9.17, 15) is 32.3 Å². The van der Waals surface area contributed by atoms with Crippen LogP contribution in [0.25, 0.3) is 16.5 Å². The maximum absolute atomic E-state index is 16.0. The molecule has 3 saturated heterocycles. The summed E-state index contributed by atoms with van der Waals surface area (Å²) >= 11 is 0. The number of likely N-dealkylation sites (tertiary alicyclic amines) is 1. The van der Waals surface area contributed by atoms with E-state index in [4.69, 9.17) is 4.74 Å². The summed E-state index contributed by atoms with van der Waals surface area (Å²) < 4.78 is 65.9. The van der Waals surface area contributed by atoms with Crippen molar-refractivity contribution in [2.24, 2.45) is 18.9 Å². The van der Waals surface area contributed by atoms with E-state index in [2.05, 4.69) is 25.7 Å². The molecule has 7 rings (SSSR count). The molecular formula is C42H49F4N7O5. The lowest BCUT2D eigenvalue weighted by molar-refractivity contribution is -0.137. The lowest BCUT2D eigenvalue weighted by Gasteiger charge is -2.35. The van der Waals surface area contributed by atoms with Gasteiger partial charge in [0.15, 0.2) is 0 Å². The molecule has 3 fully saturated rings. The Bertz CT molecular complexity index is 2220.